The van der Waals surface area contributed by atoms with Crippen LogP contribution in [0.1, 0.15) is 48.3 Å². The zero-order valence-electron chi connectivity index (χ0n) is 15.2. The highest BCUT2D eigenvalue weighted by Gasteiger charge is 2.42. The lowest BCUT2D eigenvalue weighted by molar-refractivity contribution is -0.140. The number of ether oxygens (including phenoxy) is 2. The largest absolute Gasteiger partial charge is 0.494 e. The molecule has 0 fully saturated rings. The molecule has 1 aliphatic heterocycles. The molecule has 2 atom stereocenters. The monoisotopic (exact) mass is 353 g/mol. The molecule has 1 aliphatic rings. The van der Waals surface area contributed by atoms with Crippen molar-refractivity contribution in [3.8, 4) is 5.75 Å². The van der Waals surface area contributed by atoms with Gasteiger partial charge in [-0.3, -0.25) is 4.79 Å². The topological polar surface area (TPSA) is 64.6 Å². The second kappa shape index (κ2) is 7.20. The molecule has 1 N–H and O–H groups in total. The lowest BCUT2D eigenvalue weighted by atomic mass is 9.89. The molecule has 0 spiro atoms. The Kier molecular flexibility index (Phi) is 4.98. The van der Waals surface area contributed by atoms with Crippen LogP contribution in [-0.4, -0.2) is 24.1 Å². The van der Waals surface area contributed by atoms with E-state index in [1.165, 1.54) is 0 Å². The summed E-state index contributed by atoms with van der Waals surface area (Å²) in [7, 11) is 0. The van der Waals surface area contributed by atoms with E-state index in [4.69, 9.17) is 9.47 Å². The number of amides is 1. The summed E-state index contributed by atoms with van der Waals surface area (Å²) >= 11 is 0. The van der Waals surface area contributed by atoms with E-state index in [1.54, 1.807) is 19.1 Å². The predicted octanol–water partition coefficient (Wildman–Crippen LogP) is 3.43. The van der Waals surface area contributed by atoms with Gasteiger partial charge < -0.3 is 14.8 Å². The molecular formula is C21H23NO4. The normalized spacial score (nSPS) is 19.9. The Labute approximate surface area is 153 Å². The summed E-state index contributed by atoms with van der Waals surface area (Å²) in [5.41, 5.74) is 1.09. The molecule has 0 bridgehead atoms. The molecule has 0 saturated heterocycles. The Morgan fingerprint density at radius 3 is 2.62 bits per heavy atom. The molecule has 2 unspecified atom stereocenters. The summed E-state index contributed by atoms with van der Waals surface area (Å²) in [5, 5.41) is 2.95. The standard InChI is InChI=1S/C21H23NO4/c1-4-25-17-11-9-15(10-12-17)14(2)22-20(24)21(3)13-16-7-5-6-8-18(16)19(23)26-21/h5-12,14H,4,13H2,1-3H3,(H,22,24). The van der Waals surface area contributed by atoms with E-state index in [-0.39, 0.29) is 11.9 Å². The number of fused-ring (bicyclic) bond motifs is 1. The zero-order valence-corrected chi connectivity index (χ0v) is 15.2. The van der Waals surface area contributed by atoms with E-state index in [2.05, 4.69) is 5.32 Å². The van der Waals surface area contributed by atoms with E-state index in [0.717, 1.165) is 16.9 Å². The van der Waals surface area contributed by atoms with E-state index in [1.807, 2.05) is 50.2 Å². The fourth-order valence-corrected chi connectivity index (χ4v) is 3.11. The Morgan fingerprint density at radius 1 is 1.23 bits per heavy atom. The van der Waals surface area contributed by atoms with Crippen LogP contribution in [-0.2, 0) is 16.0 Å². The maximum atomic E-state index is 12.8. The number of carbonyl (C=O) groups excluding carboxylic acids is 2. The van der Waals surface area contributed by atoms with Crippen molar-refractivity contribution in [1.82, 2.24) is 5.32 Å². The third-order valence-corrected chi connectivity index (χ3v) is 4.60. The fourth-order valence-electron chi connectivity index (χ4n) is 3.11. The average molecular weight is 353 g/mol. The van der Waals surface area contributed by atoms with Crippen molar-refractivity contribution >= 4 is 11.9 Å². The molecule has 1 heterocycles. The molecule has 5 nitrogen and oxygen atoms in total. The molecule has 136 valence electrons. The molecule has 3 rings (SSSR count). The number of benzene rings is 2. The van der Waals surface area contributed by atoms with Crippen LogP contribution in [0.4, 0.5) is 0 Å². The smallest absolute Gasteiger partial charge is 0.339 e. The van der Waals surface area contributed by atoms with Crippen LogP contribution in [0.2, 0.25) is 0 Å². The highest BCUT2D eigenvalue weighted by atomic mass is 16.6. The van der Waals surface area contributed by atoms with Crippen molar-refractivity contribution in [2.45, 2.75) is 38.8 Å². The molecule has 0 aliphatic carbocycles. The van der Waals surface area contributed by atoms with Crippen LogP contribution in [0.3, 0.4) is 0 Å². The molecular weight excluding hydrogens is 330 g/mol. The second-order valence-electron chi connectivity index (χ2n) is 6.65. The molecule has 0 saturated carbocycles. The SMILES string of the molecule is CCOc1ccc(C(C)NC(=O)C2(C)Cc3ccccc3C(=O)O2)cc1. The maximum absolute atomic E-state index is 12.8. The van der Waals surface area contributed by atoms with Gasteiger partial charge in [-0.1, -0.05) is 30.3 Å². The summed E-state index contributed by atoms with van der Waals surface area (Å²) < 4.78 is 10.9. The quantitative estimate of drug-likeness (QED) is 0.837. The molecule has 0 radical (unpaired) electrons. The number of hydrogen-bond donors (Lipinski definition) is 1. The van der Waals surface area contributed by atoms with Crippen LogP contribution in [0, 0.1) is 0 Å². The lowest BCUT2D eigenvalue weighted by Gasteiger charge is -2.34. The minimum absolute atomic E-state index is 0.217. The fraction of sp³-hybridized carbons (Fsp3) is 0.333. The van der Waals surface area contributed by atoms with Gasteiger partial charge in [-0.15, -0.1) is 0 Å². The summed E-state index contributed by atoms with van der Waals surface area (Å²) in [6.45, 7) is 6.09. The first-order valence-corrected chi connectivity index (χ1v) is 8.78. The summed E-state index contributed by atoms with van der Waals surface area (Å²) in [6, 6.07) is 14.6. The first-order chi connectivity index (χ1) is 12.4. The highest BCUT2D eigenvalue weighted by molar-refractivity contribution is 5.97. The van der Waals surface area contributed by atoms with Crippen molar-refractivity contribution in [2.24, 2.45) is 0 Å². The second-order valence-corrected chi connectivity index (χ2v) is 6.65. The van der Waals surface area contributed by atoms with Crippen LogP contribution in [0.15, 0.2) is 48.5 Å². The number of rotatable bonds is 5. The molecule has 1 amide bonds. The number of nitrogens with one attached hydrogen (secondary N) is 1. The molecule has 2 aromatic rings. The highest BCUT2D eigenvalue weighted by Crippen LogP contribution is 2.29. The van der Waals surface area contributed by atoms with Crippen molar-refractivity contribution in [3.63, 3.8) is 0 Å². The summed E-state index contributed by atoms with van der Waals surface area (Å²) in [5.74, 6) is 0.0273. The minimum atomic E-state index is -1.22. The van der Waals surface area contributed by atoms with Crippen LogP contribution >= 0.6 is 0 Å². The van der Waals surface area contributed by atoms with E-state index >= 15 is 0 Å². The lowest BCUT2D eigenvalue weighted by Crippen LogP contribution is -2.52. The molecule has 5 heteroatoms. The Balaban J connectivity index is 1.72. The number of cyclic esters (lactones) is 1. The van der Waals surface area contributed by atoms with Crippen LogP contribution in [0.25, 0.3) is 0 Å². The van der Waals surface area contributed by atoms with Gasteiger partial charge in [0.1, 0.15) is 5.75 Å². The van der Waals surface area contributed by atoms with Crippen molar-refractivity contribution < 1.29 is 19.1 Å². The maximum Gasteiger partial charge on any atom is 0.339 e. The third kappa shape index (κ3) is 3.57. The molecule has 2 aromatic carbocycles. The van der Waals surface area contributed by atoms with Gasteiger partial charge in [-0.25, -0.2) is 4.79 Å². The van der Waals surface area contributed by atoms with Gasteiger partial charge in [0.15, 0.2) is 5.60 Å². The van der Waals surface area contributed by atoms with Crippen LogP contribution in [0.5, 0.6) is 5.75 Å². The van der Waals surface area contributed by atoms with Gasteiger partial charge >= 0.3 is 5.97 Å². The van der Waals surface area contributed by atoms with Gasteiger partial charge in [0.25, 0.3) is 5.91 Å². The first-order valence-electron chi connectivity index (χ1n) is 8.78. The number of hydrogen-bond acceptors (Lipinski definition) is 4. The van der Waals surface area contributed by atoms with Crippen molar-refractivity contribution in [1.29, 1.82) is 0 Å². The van der Waals surface area contributed by atoms with Gasteiger partial charge in [0.05, 0.1) is 18.2 Å². The molecule has 0 aromatic heterocycles. The Hall–Kier alpha value is -2.82. The minimum Gasteiger partial charge on any atom is -0.494 e. The van der Waals surface area contributed by atoms with Gasteiger partial charge in [-0.2, -0.15) is 0 Å². The van der Waals surface area contributed by atoms with E-state index in [0.29, 0.717) is 18.6 Å². The van der Waals surface area contributed by atoms with Gasteiger partial charge in [-0.05, 0) is 50.1 Å². The van der Waals surface area contributed by atoms with Gasteiger partial charge in [0.2, 0.25) is 0 Å². The third-order valence-electron chi connectivity index (χ3n) is 4.60. The van der Waals surface area contributed by atoms with Crippen molar-refractivity contribution in [3.05, 3.63) is 65.2 Å². The van der Waals surface area contributed by atoms with E-state index in [9.17, 15) is 9.59 Å². The average Bonchev–Trinajstić information content (AvgIpc) is 2.62. The first kappa shape index (κ1) is 18.0. The zero-order chi connectivity index (χ0) is 18.7. The summed E-state index contributed by atoms with van der Waals surface area (Å²) in [4.78, 5) is 25.1. The van der Waals surface area contributed by atoms with Gasteiger partial charge in [0, 0.05) is 6.42 Å². The number of carbonyl (C=O) groups is 2. The van der Waals surface area contributed by atoms with E-state index < -0.39 is 11.6 Å². The van der Waals surface area contributed by atoms with Crippen molar-refractivity contribution in [2.75, 3.05) is 6.61 Å². The summed E-state index contributed by atoms with van der Waals surface area (Å²) in [6.07, 6.45) is 0.358. The van der Waals surface area contributed by atoms with Crippen LogP contribution < -0.4 is 10.1 Å². The predicted molar refractivity (Wildman–Crippen MR) is 98.1 cm³/mol. The Morgan fingerprint density at radius 2 is 1.92 bits per heavy atom. The Bertz CT molecular complexity index is 815. The molecule has 26 heavy (non-hydrogen) atoms. The number of esters is 1.